The Kier molecular flexibility index (Phi) is 6.61. The number of rotatable bonds is 6. The van der Waals surface area contributed by atoms with Gasteiger partial charge in [0.25, 0.3) is 0 Å². The summed E-state index contributed by atoms with van der Waals surface area (Å²) in [6, 6.07) is 1.26. The minimum absolute atomic E-state index is 0.547. The lowest BCUT2D eigenvalue weighted by Crippen LogP contribution is -2.58. The van der Waals surface area contributed by atoms with Crippen molar-refractivity contribution in [3.8, 4) is 0 Å². The number of hydrogen-bond donors (Lipinski definition) is 1. The van der Waals surface area contributed by atoms with Crippen molar-refractivity contribution in [3.63, 3.8) is 0 Å². The molecule has 1 aliphatic heterocycles. The van der Waals surface area contributed by atoms with Gasteiger partial charge in [0.05, 0.1) is 0 Å². The molecule has 1 aliphatic rings. The van der Waals surface area contributed by atoms with Crippen LogP contribution in [0.3, 0.4) is 0 Å². The second kappa shape index (κ2) is 7.46. The van der Waals surface area contributed by atoms with Gasteiger partial charge < -0.3 is 10.6 Å². The fourth-order valence-electron chi connectivity index (χ4n) is 3.17. The van der Waals surface area contributed by atoms with Gasteiger partial charge in [0.15, 0.2) is 0 Å². The Hall–Kier alpha value is -0.120. The van der Waals surface area contributed by atoms with Crippen LogP contribution in [-0.2, 0) is 0 Å². The predicted molar refractivity (Wildman–Crippen MR) is 79.7 cm³/mol. The lowest BCUT2D eigenvalue weighted by atomic mass is 9.92. The summed E-state index contributed by atoms with van der Waals surface area (Å²) in [6.45, 7) is 13.6. The molecule has 0 spiro atoms. The fourth-order valence-corrected chi connectivity index (χ4v) is 3.17. The van der Waals surface area contributed by atoms with Crippen LogP contribution < -0.4 is 5.73 Å². The van der Waals surface area contributed by atoms with Gasteiger partial charge >= 0.3 is 0 Å². The van der Waals surface area contributed by atoms with E-state index in [4.69, 9.17) is 5.73 Å². The smallest absolute Gasteiger partial charge is 0.0349 e. The summed E-state index contributed by atoms with van der Waals surface area (Å²) in [5.74, 6) is 1.54. The number of likely N-dealkylation sites (N-methyl/N-ethyl adjacent to an activating group) is 1. The van der Waals surface area contributed by atoms with Gasteiger partial charge in [0.1, 0.15) is 0 Å². The minimum Gasteiger partial charge on any atom is -0.329 e. The van der Waals surface area contributed by atoms with Crippen LogP contribution in [0.4, 0.5) is 0 Å². The van der Waals surface area contributed by atoms with Gasteiger partial charge in [-0.3, -0.25) is 4.90 Å². The zero-order chi connectivity index (χ0) is 13.7. The Bertz CT molecular complexity index is 218. The number of nitrogens with two attached hydrogens (primary N) is 1. The van der Waals surface area contributed by atoms with Crippen LogP contribution in [0, 0.1) is 11.8 Å². The molecule has 1 fully saturated rings. The van der Waals surface area contributed by atoms with Crippen LogP contribution in [0.2, 0.25) is 0 Å². The van der Waals surface area contributed by atoms with E-state index in [0.29, 0.717) is 12.1 Å². The van der Waals surface area contributed by atoms with Crippen molar-refractivity contribution < 1.29 is 0 Å². The quantitative estimate of drug-likeness (QED) is 0.788. The molecule has 1 rings (SSSR count). The SMILES string of the molecule is CC(C)CC(CC(C)C)N1CCN(C)CC1CN. The summed E-state index contributed by atoms with van der Waals surface area (Å²) in [5.41, 5.74) is 5.99. The lowest BCUT2D eigenvalue weighted by Gasteiger charge is -2.45. The van der Waals surface area contributed by atoms with Crippen molar-refractivity contribution in [1.29, 1.82) is 0 Å². The van der Waals surface area contributed by atoms with Crippen molar-refractivity contribution in [2.45, 2.75) is 52.6 Å². The Morgan fingerprint density at radius 2 is 1.61 bits per heavy atom. The molecule has 1 saturated heterocycles. The molecule has 1 atom stereocenters. The third-order valence-electron chi connectivity index (χ3n) is 3.96. The lowest BCUT2D eigenvalue weighted by molar-refractivity contribution is 0.0394. The normalized spacial score (nSPS) is 23.5. The van der Waals surface area contributed by atoms with Gasteiger partial charge in [0.2, 0.25) is 0 Å². The molecule has 0 saturated carbocycles. The summed E-state index contributed by atoms with van der Waals surface area (Å²) in [5, 5.41) is 0. The van der Waals surface area contributed by atoms with Crippen LogP contribution in [0.1, 0.15) is 40.5 Å². The van der Waals surface area contributed by atoms with E-state index in [2.05, 4.69) is 44.5 Å². The van der Waals surface area contributed by atoms with E-state index in [9.17, 15) is 0 Å². The highest BCUT2D eigenvalue weighted by Crippen LogP contribution is 2.23. The van der Waals surface area contributed by atoms with E-state index in [-0.39, 0.29) is 0 Å². The second-order valence-corrected chi connectivity index (χ2v) is 6.80. The Morgan fingerprint density at radius 1 is 1.06 bits per heavy atom. The molecule has 0 aromatic rings. The molecule has 3 nitrogen and oxygen atoms in total. The molecule has 1 heterocycles. The summed E-state index contributed by atoms with van der Waals surface area (Å²) in [4.78, 5) is 5.11. The van der Waals surface area contributed by atoms with Gasteiger partial charge in [-0.05, 0) is 31.7 Å². The molecule has 2 N–H and O–H groups in total. The van der Waals surface area contributed by atoms with Crippen molar-refractivity contribution in [2.75, 3.05) is 33.2 Å². The van der Waals surface area contributed by atoms with Gasteiger partial charge in [-0.1, -0.05) is 27.7 Å². The molecule has 3 heteroatoms. The first kappa shape index (κ1) is 15.9. The third-order valence-corrected chi connectivity index (χ3v) is 3.96. The fraction of sp³-hybridized carbons (Fsp3) is 1.00. The van der Waals surface area contributed by atoms with E-state index >= 15 is 0 Å². The van der Waals surface area contributed by atoms with E-state index in [0.717, 1.165) is 24.9 Å². The minimum atomic E-state index is 0.547. The Morgan fingerprint density at radius 3 is 2.06 bits per heavy atom. The second-order valence-electron chi connectivity index (χ2n) is 6.80. The molecule has 0 aromatic carbocycles. The van der Waals surface area contributed by atoms with Crippen molar-refractivity contribution in [3.05, 3.63) is 0 Å². The standard InChI is InChI=1S/C15H33N3/c1-12(2)8-14(9-13(3)4)18-7-6-17(5)11-15(18)10-16/h12-15H,6-11,16H2,1-5H3. The maximum Gasteiger partial charge on any atom is 0.0349 e. The van der Waals surface area contributed by atoms with Crippen LogP contribution in [0.15, 0.2) is 0 Å². The van der Waals surface area contributed by atoms with Crippen molar-refractivity contribution >= 4 is 0 Å². The summed E-state index contributed by atoms with van der Waals surface area (Å²) < 4.78 is 0. The van der Waals surface area contributed by atoms with Crippen LogP contribution in [0.25, 0.3) is 0 Å². The molecule has 0 bridgehead atoms. The van der Waals surface area contributed by atoms with Gasteiger partial charge in [-0.25, -0.2) is 0 Å². The Balaban J connectivity index is 2.69. The molecule has 0 aliphatic carbocycles. The van der Waals surface area contributed by atoms with Crippen molar-refractivity contribution in [2.24, 2.45) is 17.6 Å². The topological polar surface area (TPSA) is 32.5 Å². The van der Waals surface area contributed by atoms with E-state index in [1.807, 2.05) is 0 Å². The summed E-state index contributed by atoms with van der Waals surface area (Å²) in [6.07, 6.45) is 2.61. The first-order valence-corrected chi connectivity index (χ1v) is 7.58. The Labute approximate surface area is 114 Å². The third kappa shape index (κ3) is 4.87. The number of nitrogens with zero attached hydrogens (tertiary/aromatic N) is 2. The van der Waals surface area contributed by atoms with Crippen LogP contribution in [0.5, 0.6) is 0 Å². The van der Waals surface area contributed by atoms with Gasteiger partial charge in [-0.2, -0.15) is 0 Å². The molecular formula is C15H33N3. The van der Waals surface area contributed by atoms with Gasteiger partial charge in [-0.15, -0.1) is 0 Å². The van der Waals surface area contributed by atoms with E-state index in [1.54, 1.807) is 0 Å². The largest absolute Gasteiger partial charge is 0.329 e. The maximum absolute atomic E-state index is 5.99. The first-order chi connectivity index (χ1) is 8.43. The zero-order valence-electron chi connectivity index (χ0n) is 13.0. The average molecular weight is 255 g/mol. The van der Waals surface area contributed by atoms with E-state index in [1.165, 1.54) is 25.9 Å². The highest BCUT2D eigenvalue weighted by molar-refractivity contribution is 4.87. The highest BCUT2D eigenvalue weighted by Gasteiger charge is 2.30. The number of piperazine rings is 1. The van der Waals surface area contributed by atoms with Crippen molar-refractivity contribution in [1.82, 2.24) is 9.80 Å². The average Bonchev–Trinajstić information content (AvgIpc) is 2.26. The molecule has 0 radical (unpaired) electrons. The molecule has 108 valence electrons. The first-order valence-electron chi connectivity index (χ1n) is 7.58. The zero-order valence-corrected chi connectivity index (χ0v) is 13.0. The summed E-state index contributed by atoms with van der Waals surface area (Å²) in [7, 11) is 2.21. The molecule has 0 aromatic heterocycles. The van der Waals surface area contributed by atoms with Gasteiger partial charge in [0, 0.05) is 38.3 Å². The number of hydrogen-bond acceptors (Lipinski definition) is 3. The molecule has 1 unspecified atom stereocenters. The van der Waals surface area contributed by atoms with E-state index < -0.39 is 0 Å². The molecule has 18 heavy (non-hydrogen) atoms. The molecular weight excluding hydrogens is 222 g/mol. The predicted octanol–water partition coefficient (Wildman–Crippen LogP) is 2.02. The summed E-state index contributed by atoms with van der Waals surface area (Å²) >= 11 is 0. The van der Waals surface area contributed by atoms with Crippen LogP contribution >= 0.6 is 0 Å². The molecule has 0 amide bonds. The monoisotopic (exact) mass is 255 g/mol. The maximum atomic E-state index is 5.99. The van der Waals surface area contributed by atoms with Crippen LogP contribution in [-0.4, -0.2) is 55.1 Å². The highest BCUT2D eigenvalue weighted by atomic mass is 15.3.